The number of hydrogen-bond acceptors (Lipinski definition) is 6. The Morgan fingerprint density at radius 3 is 2.20 bits per heavy atom. The van der Waals surface area contributed by atoms with E-state index in [9.17, 15) is 9.59 Å². The zero-order chi connectivity index (χ0) is 29.4. The zero-order valence-electron chi connectivity index (χ0n) is 23.8. The molecule has 0 spiro atoms. The number of nitrogens with two attached hydrogens (primary N) is 1. The van der Waals surface area contributed by atoms with Crippen LogP contribution in [0.3, 0.4) is 0 Å². The number of nitrogens with zero attached hydrogens (tertiary/aromatic N) is 1. The average Bonchev–Trinajstić information content (AvgIpc) is 3.24. The van der Waals surface area contributed by atoms with Gasteiger partial charge in [-0.15, -0.1) is 0 Å². The van der Waals surface area contributed by atoms with E-state index in [-0.39, 0.29) is 30.7 Å². The number of hydrogen-bond donors (Lipinski definition) is 2. The monoisotopic (exact) mass is 579 g/mol. The molecule has 1 aliphatic rings. The van der Waals surface area contributed by atoms with Crippen molar-refractivity contribution in [2.24, 2.45) is 11.7 Å². The molecule has 0 aliphatic carbocycles. The maximum atomic E-state index is 14.0. The second-order valence-electron chi connectivity index (χ2n) is 10.2. The van der Waals surface area contributed by atoms with Gasteiger partial charge in [0.2, 0.25) is 17.6 Å². The van der Waals surface area contributed by atoms with Crippen LogP contribution in [-0.4, -0.2) is 63.7 Å². The fourth-order valence-electron chi connectivity index (χ4n) is 5.61. The molecule has 2 amide bonds. The molecule has 3 unspecified atom stereocenters. The van der Waals surface area contributed by atoms with Crippen molar-refractivity contribution in [3.63, 3.8) is 0 Å². The maximum Gasteiger partial charge on any atom is 0.223 e. The van der Waals surface area contributed by atoms with E-state index in [1.807, 2.05) is 47.4 Å². The van der Waals surface area contributed by atoms with Crippen LogP contribution in [0, 0.1) is 5.92 Å². The van der Waals surface area contributed by atoms with Crippen molar-refractivity contribution in [1.82, 2.24) is 10.2 Å². The maximum absolute atomic E-state index is 14.0. The molecule has 1 heterocycles. The van der Waals surface area contributed by atoms with Crippen LogP contribution in [0.25, 0.3) is 0 Å². The first-order valence-electron chi connectivity index (χ1n) is 13.7. The summed E-state index contributed by atoms with van der Waals surface area (Å²) in [6.45, 7) is 1.98. The molecular weight excluding hydrogens is 542 g/mol. The van der Waals surface area contributed by atoms with Crippen molar-refractivity contribution in [3.8, 4) is 17.2 Å². The van der Waals surface area contributed by atoms with Crippen molar-refractivity contribution in [2.45, 2.75) is 31.2 Å². The number of carbonyl (C=O) groups is 2. The fraction of sp³-hybridized carbons (Fsp3) is 0.375. The minimum Gasteiger partial charge on any atom is -0.493 e. The van der Waals surface area contributed by atoms with E-state index >= 15 is 0 Å². The van der Waals surface area contributed by atoms with Crippen LogP contribution in [0.15, 0.2) is 66.7 Å². The van der Waals surface area contributed by atoms with E-state index in [1.165, 1.54) is 21.3 Å². The van der Waals surface area contributed by atoms with Gasteiger partial charge in [-0.2, -0.15) is 0 Å². The van der Waals surface area contributed by atoms with Gasteiger partial charge >= 0.3 is 0 Å². The molecule has 0 aromatic heterocycles. The topological polar surface area (TPSA) is 103 Å². The molecule has 1 saturated heterocycles. The molecule has 3 N–H and O–H groups in total. The van der Waals surface area contributed by atoms with Gasteiger partial charge in [0.15, 0.2) is 11.5 Å². The highest BCUT2D eigenvalue weighted by Crippen LogP contribution is 2.39. The molecule has 8 nitrogen and oxygen atoms in total. The lowest BCUT2D eigenvalue weighted by Crippen LogP contribution is -2.48. The first-order valence-corrected chi connectivity index (χ1v) is 14.1. The van der Waals surface area contributed by atoms with Crippen LogP contribution >= 0.6 is 11.6 Å². The Labute approximate surface area is 246 Å². The van der Waals surface area contributed by atoms with Crippen LogP contribution in [0.5, 0.6) is 17.2 Å². The second-order valence-corrected chi connectivity index (χ2v) is 10.6. The number of nitrogens with one attached hydrogen (secondary N) is 1. The normalized spacial score (nSPS) is 16.8. The molecule has 3 aromatic rings. The molecule has 0 bridgehead atoms. The molecule has 1 aliphatic heterocycles. The van der Waals surface area contributed by atoms with Crippen molar-refractivity contribution in [1.29, 1.82) is 0 Å². The number of ether oxygens (including phenoxy) is 3. The summed E-state index contributed by atoms with van der Waals surface area (Å²) in [5, 5.41) is 4.17. The third-order valence-electron chi connectivity index (χ3n) is 7.63. The molecule has 4 rings (SSSR count). The summed E-state index contributed by atoms with van der Waals surface area (Å²) in [5.74, 6) is -0.0382. The van der Waals surface area contributed by atoms with E-state index in [2.05, 4.69) is 17.4 Å². The Hall–Kier alpha value is -3.75. The third-order valence-corrected chi connectivity index (χ3v) is 7.88. The summed E-state index contributed by atoms with van der Waals surface area (Å²) < 4.78 is 16.4. The summed E-state index contributed by atoms with van der Waals surface area (Å²) in [6.07, 6.45) is 1.05. The Morgan fingerprint density at radius 1 is 0.976 bits per heavy atom. The van der Waals surface area contributed by atoms with Crippen molar-refractivity contribution < 1.29 is 23.8 Å². The van der Waals surface area contributed by atoms with Crippen molar-refractivity contribution >= 4 is 23.4 Å². The molecule has 41 heavy (non-hydrogen) atoms. The lowest BCUT2D eigenvalue weighted by molar-refractivity contribution is -0.137. The zero-order valence-corrected chi connectivity index (χ0v) is 24.5. The largest absolute Gasteiger partial charge is 0.493 e. The summed E-state index contributed by atoms with van der Waals surface area (Å²) in [6, 6.07) is 21.4. The number of amides is 2. The highest BCUT2D eigenvalue weighted by atomic mass is 35.5. The quantitative estimate of drug-likeness (QED) is 0.348. The number of carbonyl (C=O) groups excluding carboxylic acids is 2. The van der Waals surface area contributed by atoms with Crippen molar-refractivity contribution in [3.05, 3.63) is 88.4 Å². The van der Waals surface area contributed by atoms with Gasteiger partial charge in [-0.3, -0.25) is 9.59 Å². The van der Waals surface area contributed by atoms with E-state index in [0.29, 0.717) is 35.4 Å². The molecule has 0 radical (unpaired) electrons. The minimum absolute atomic E-state index is 0.00930. The van der Waals surface area contributed by atoms with Crippen LogP contribution < -0.4 is 25.3 Å². The van der Waals surface area contributed by atoms with Gasteiger partial charge in [0.25, 0.3) is 0 Å². The SMILES string of the molecule is COc1cc(CC(CC(=O)N2CCCNCC2C(c2ccccc2)c2ccc(Cl)cc2)C(N)=O)cc(OC)c1OC. The predicted octanol–water partition coefficient (Wildman–Crippen LogP) is 4.42. The highest BCUT2D eigenvalue weighted by Gasteiger charge is 2.35. The van der Waals surface area contributed by atoms with Crippen molar-refractivity contribution in [2.75, 3.05) is 41.0 Å². The fourth-order valence-corrected chi connectivity index (χ4v) is 5.74. The van der Waals surface area contributed by atoms with Gasteiger partial charge in [-0.25, -0.2) is 0 Å². The standard InChI is InChI=1S/C32H38ClN3O5/c1-39-27-17-21(18-28(40-2)31(27)41-3)16-24(32(34)38)19-29(37)36-15-7-14-35-20-26(36)30(22-8-5-4-6-9-22)23-10-12-25(33)13-11-23/h4-6,8-13,17-18,24,26,30,35H,7,14-16,19-20H2,1-3H3,(H2,34,38). The molecule has 3 atom stereocenters. The Balaban J connectivity index is 1.64. The van der Waals surface area contributed by atoms with Gasteiger partial charge in [0.1, 0.15) is 0 Å². The summed E-state index contributed by atoms with van der Waals surface area (Å²) in [4.78, 5) is 28.6. The number of benzene rings is 3. The second kappa shape index (κ2) is 14.2. The number of methoxy groups -OCH3 is 3. The van der Waals surface area contributed by atoms with Crippen LogP contribution in [0.2, 0.25) is 5.02 Å². The van der Waals surface area contributed by atoms with E-state index in [1.54, 1.807) is 12.1 Å². The first kappa shape index (κ1) is 30.2. The number of halogens is 1. The molecule has 218 valence electrons. The smallest absolute Gasteiger partial charge is 0.223 e. The van der Waals surface area contributed by atoms with E-state index in [4.69, 9.17) is 31.5 Å². The van der Waals surface area contributed by atoms with Gasteiger partial charge in [-0.05, 0) is 60.3 Å². The van der Waals surface area contributed by atoms with E-state index in [0.717, 1.165) is 29.7 Å². The lowest BCUT2D eigenvalue weighted by atomic mass is 9.83. The summed E-state index contributed by atoms with van der Waals surface area (Å²) in [5.41, 5.74) is 8.79. The molecule has 9 heteroatoms. The minimum atomic E-state index is -0.715. The predicted molar refractivity (Wildman–Crippen MR) is 160 cm³/mol. The van der Waals surface area contributed by atoms with E-state index < -0.39 is 11.8 Å². The Kier molecular flexibility index (Phi) is 10.5. The highest BCUT2D eigenvalue weighted by molar-refractivity contribution is 6.30. The summed E-state index contributed by atoms with van der Waals surface area (Å²) >= 11 is 6.22. The van der Waals surface area contributed by atoms with Gasteiger partial charge < -0.3 is 30.2 Å². The first-order chi connectivity index (χ1) is 19.9. The Bertz CT molecular complexity index is 1290. The molecule has 1 fully saturated rings. The van der Waals surface area contributed by atoms with Gasteiger partial charge in [-0.1, -0.05) is 54.1 Å². The third kappa shape index (κ3) is 7.31. The number of primary amides is 1. The Morgan fingerprint density at radius 2 is 1.61 bits per heavy atom. The lowest BCUT2D eigenvalue weighted by Gasteiger charge is -2.37. The van der Waals surface area contributed by atoms with Crippen LogP contribution in [0.4, 0.5) is 0 Å². The van der Waals surface area contributed by atoms with Crippen LogP contribution in [-0.2, 0) is 16.0 Å². The molecular formula is C32H38ClN3O5. The van der Waals surface area contributed by atoms with Gasteiger partial charge in [0.05, 0.1) is 33.3 Å². The summed E-state index contributed by atoms with van der Waals surface area (Å²) in [7, 11) is 4.60. The number of rotatable bonds is 11. The average molecular weight is 580 g/mol. The van der Waals surface area contributed by atoms with Crippen LogP contribution in [0.1, 0.15) is 35.4 Å². The van der Waals surface area contributed by atoms with Gasteiger partial charge in [0, 0.05) is 30.5 Å². The molecule has 3 aromatic carbocycles. The molecule has 0 saturated carbocycles.